The molecule has 0 spiro atoms. The van der Waals surface area contributed by atoms with Crippen LogP contribution >= 0.6 is 22.7 Å². The van der Waals surface area contributed by atoms with E-state index in [4.69, 9.17) is 0 Å². The van der Waals surface area contributed by atoms with Crippen molar-refractivity contribution in [3.63, 3.8) is 0 Å². The Bertz CT molecular complexity index is 1050. The molecular weight excluding hydrogens is 428 g/mol. The van der Waals surface area contributed by atoms with Crippen LogP contribution in [-0.2, 0) is 20.8 Å². The molecule has 156 valence electrons. The number of aliphatic imine (C=N–C) groups is 1. The van der Waals surface area contributed by atoms with Crippen LogP contribution in [0.3, 0.4) is 0 Å². The van der Waals surface area contributed by atoms with E-state index in [1.165, 1.54) is 34.6 Å². The first-order valence-electron chi connectivity index (χ1n) is 8.73. The highest BCUT2D eigenvalue weighted by Gasteiger charge is 2.20. The third kappa shape index (κ3) is 5.21. The average molecular weight is 447 g/mol. The molecule has 1 aliphatic heterocycles. The molecule has 0 radical (unpaired) electrons. The highest BCUT2D eigenvalue weighted by Crippen LogP contribution is 2.24. The second-order valence-electron chi connectivity index (χ2n) is 6.49. The molecule has 2 aromatic rings. The summed E-state index contributed by atoms with van der Waals surface area (Å²) in [5.41, 5.74) is 1.03. The molecule has 1 atom stereocenters. The van der Waals surface area contributed by atoms with E-state index in [1.807, 2.05) is 0 Å². The molecule has 0 aromatic carbocycles. The Labute approximate surface area is 179 Å². The number of hydrogen-bond acceptors (Lipinski definition) is 8. The first-order chi connectivity index (χ1) is 14.2. The van der Waals surface area contributed by atoms with E-state index in [1.54, 1.807) is 26.4 Å². The van der Waals surface area contributed by atoms with Crippen molar-refractivity contribution < 1.29 is 19.2 Å². The Morgan fingerprint density at radius 2 is 1.93 bits per heavy atom. The number of anilines is 2. The van der Waals surface area contributed by atoms with Gasteiger partial charge in [-0.1, -0.05) is 17.4 Å². The predicted molar refractivity (Wildman–Crippen MR) is 114 cm³/mol. The first kappa shape index (κ1) is 21.5. The molecule has 3 heterocycles. The number of nitrogens with zero attached hydrogens (tertiary/aromatic N) is 4. The predicted octanol–water partition coefficient (Wildman–Crippen LogP) is 1.51. The molecule has 1 unspecified atom stereocenters. The summed E-state index contributed by atoms with van der Waals surface area (Å²) in [6, 6.07) is 0. The molecule has 4 amide bonds. The van der Waals surface area contributed by atoms with Gasteiger partial charge in [0.2, 0.25) is 11.8 Å². The third-order valence-electron chi connectivity index (χ3n) is 3.88. The normalized spacial score (nSPS) is 15.2. The minimum absolute atomic E-state index is 0.0126. The van der Waals surface area contributed by atoms with Crippen LogP contribution in [0.25, 0.3) is 0 Å². The topological polar surface area (TPSA) is 134 Å². The van der Waals surface area contributed by atoms with Crippen LogP contribution < -0.4 is 10.6 Å². The quantitative estimate of drug-likeness (QED) is 0.691. The lowest BCUT2D eigenvalue weighted by atomic mass is 10.1. The number of dihydropyridines is 1. The van der Waals surface area contributed by atoms with Gasteiger partial charge in [-0.25, -0.2) is 15.0 Å². The fraction of sp³-hybridized carbons (Fsp3) is 0.278. The molecule has 0 bridgehead atoms. The van der Waals surface area contributed by atoms with Gasteiger partial charge in [0, 0.05) is 31.8 Å². The Hall–Kier alpha value is -3.25. The lowest BCUT2D eigenvalue weighted by Crippen LogP contribution is -2.24. The van der Waals surface area contributed by atoms with Crippen LogP contribution in [0, 0.1) is 12.8 Å². The third-order valence-corrected chi connectivity index (χ3v) is 5.75. The van der Waals surface area contributed by atoms with E-state index < -0.39 is 11.8 Å². The zero-order valence-corrected chi connectivity index (χ0v) is 18.0. The summed E-state index contributed by atoms with van der Waals surface area (Å²) < 4.78 is 0. The summed E-state index contributed by atoms with van der Waals surface area (Å²) in [5, 5.41) is 7.64. The minimum atomic E-state index is -0.648. The van der Waals surface area contributed by atoms with E-state index in [0.717, 1.165) is 11.3 Å². The second-order valence-corrected chi connectivity index (χ2v) is 8.35. The molecule has 2 aromatic heterocycles. The van der Waals surface area contributed by atoms with E-state index in [-0.39, 0.29) is 24.1 Å². The van der Waals surface area contributed by atoms with Crippen LogP contribution in [0.5, 0.6) is 0 Å². The van der Waals surface area contributed by atoms with E-state index in [9.17, 15) is 19.2 Å². The van der Waals surface area contributed by atoms with E-state index >= 15 is 0 Å². The van der Waals surface area contributed by atoms with Crippen molar-refractivity contribution in [3.05, 3.63) is 33.8 Å². The molecule has 12 heteroatoms. The van der Waals surface area contributed by atoms with Gasteiger partial charge in [0.1, 0.15) is 4.88 Å². The Morgan fingerprint density at radius 1 is 1.17 bits per heavy atom. The van der Waals surface area contributed by atoms with Crippen LogP contribution in [0.1, 0.15) is 21.1 Å². The molecule has 3 rings (SSSR count). The average Bonchev–Trinajstić information content (AvgIpc) is 3.27. The standard InChI is InChI=1S/C18H18N6O4S2/c1-9-14(16(28)24(2)3)30-18(20-9)22-13(26)6-11-8-29-17(21-11)23-15(27)10-4-5-12(25)19-7-10/h4-5,7-8,10H,6H2,1-3H3,(H,20,22,26)(H,21,23,27). The summed E-state index contributed by atoms with van der Waals surface area (Å²) >= 11 is 2.30. The Balaban J connectivity index is 1.56. The molecular formula is C18H18N6O4S2. The summed E-state index contributed by atoms with van der Waals surface area (Å²) in [6.07, 6.45) is 3.95. The van der Waals surface area contributed by atoms with Gasteiger partial charge in [-0.2, -0.15) is 0 Å². The highest BCUT2D eigenvalue weighted by molar-refractivity contribution is 7.17. The SMILES string of the molecule is Cc1nc(NC(=O)Cc2csc(NC(=O)C3C=CC(=O)N=C3)n2)sc1C(=O)N(C)C. The summed E-state index contributed by atoms with van der Waals surface area (Å²) in [4.78, 5) is 61.5. The number of rotatable bonds is 6. The number of aryl methyl sites for hydroxylation is 1. The Kier molecular flexibility index (Phi) is 6.47. The molecule has 30 heavy (non-hydrogen) atoms. The highest BCUT2D eigenvalue weighted by atomic mass is 32.1. The molecule has 0 aliphatic carbocycles. The van der Waals surface area contributed by atoms with Gasteiger partial charge in [-0.05, 0) is 6.92 Å². The molecule has 0 saturated carbocycles. The van der Waals surface area contributed by atoms with Crippen molar-refractivity contribution in [1.29, 1.82) is 0 Å². The van der Waals surface area contributed by atoms with Gasteiger partial charge in [-0.15, -0.1) is 11.3 Å². The van der Waals surface area contributed by atoms with Crippen LogP contribution in [0.15, 0.2) is 22.5 Å². The smallest absolute Gasteiger partial charge is 0.269 e. The number of carbonyl (C=O) groups is 4. The summed E-state index contributed by atoms with van der Waals surface area (Å²) in [5.74, 6) is -1.94. The van der Waals surface area contributed by atoms with Crippen molar-refractivity contribution in [2.24, 2.45) is 10.9 Å². The fourth-order valence-electron chi connectivity index (χ4n) is 2.40. The number of carbonyl (C=O) groups excluding carboxylic acids is 4. The second kappa shape index (κ2) is 9.05. The lowest BCUT2D eigenvalue weighted by molar-refractivity contribution is -0.117. The van der Waals surface area contributed by atoms with Gasteiger partial charge < -0.3 is 15.5 Å². The van der Waals surface area contributed by atoms with Crippen LogP contribution in [0.2, 0.25) is 0 Å². The van der Waals surface area contributed by atoms with Gasteiger partial charge in [0.05, 0.1) is 23.7 Å². The maximum absolute atomic E-state index is 12.3. The summed E-state index contributed by atoms with van der Waals surface area (Å²) in [6.45, 7) is 1.71. The van der Waals surface area contributed by atoms with Gasteiger partial charge >= 0.3 is 0 Å². The van der Waals surface area contributed by atoms with Crippen LogP contribution in [0.4, 0.5) is 10.3 Å². The summed E-state index contributed by atoms with van der Waals surface area (Å²) in [7, 11) is 3.30. The lowest BCUT2D eigenvalue weighted by Gasteiger charge is -2.08. The Morgan fingerprint density at radius 3 is 2.60 bits per heavy atom. The number of nitrogens with one attached hydrogen (secondary N) is 2. The number of thiazole rings is 2. The van der Waals surface area contributed by atoms with Crippen LogP contribution in [-0.4, -0.2) is 58.8 Å². The zero-order chi connectivity index (χ0) is 21.8. The first-order valence-corrected chi connectivity index (χ1v) is 10.4. The monoisotopic (exact) mass is 446 g/mol. The van der Waals surface area contributed by atoms with Crippen molar-refractivity contribution >= 4 is 62.8 Å². The van der Waals surface area contributed by atoms with Crippen molar-refractivity contribution in [3.8, 4) is 0 Å². The van der Waals surface area contributed by atoms with Crippen molar-refractivity contribution in [1.82, 2.24) is 14.9 Å². The molecule has 2 N–H and O–H groups in total. The number of aromatic nitrogens is 2. The maximum Gasteiger partial charge on any atom is 0.269 e. The van der Waals surface area contributed by atoms with Crippen molar-refractivity contribution in [2.75, 3.05) is 24.7 Å². The van der Waals surface area contributed by atoms with E-state index in [2.05, 4.69) is 25.6 Å². The fourth-order valence-corrected chi connectivity index (χ4v) is 4.12. The molecule has 0 saturated heterocycles. The van der Waals surface area contributed by atoms with Gasteiger partial charge in [-0.3, -0.25) is 19.2 Å². The number of hydrogen-bond donors (Lipinski definition) is 2. The van der Waals surface area contributed by atoms with E-state index in [0.29, 0.717) is 26.5 Å². The van der Waals surface area contributed by atoms with Gasteiger partial charge in [0.25, 0.3) is 11.8 Å². The zero-order valence-electron chi connectivity index (χ0n) is 16.3. The molecule has 10 nitrogen and oxygen atoms in total. The minimum Gasteiger partial charge on any atom is -0.344 e. The number of amides is 4. The van der Waals surface area contributed by atoms with Crippen molar-refractivity contribution in [2.45, 2.75) is 13.3 Å². The molecule has 1 aliphatic rings. The van der Waals surface area contributed by atoms with Gasteiger partial charge in [0.15, 0.2) is 10.3 Å². The maximum atomic E-state index is 12.3. The largest absolute Gasteiger partial charge is 0.344 e. The molecule has 0 fully saturated rings.